The van der Waals surface area contributed by atoms with Crippen molar-refractivity contribution in [1.29, 1.82) is 5.26 Å². The van der Waals surface area contributed by atoms with Gasteiger partial charge in [0.05, 0.1) is 11.6 Å². The van der Waals surface area contributed by atoms with Crippen molar-refractivity contribution in [2.45, 2.75) is 39.7 Å². The van der Waals surface area contributed by atoms with E-state index < -0.39 is 0 Å². The maximum Gasteiger partial charge on any atom is 0.124 e. The van der Waals surface area contributed by atoms with Gasteiger partial charge in [0.1, 0.15) is 5.82 Å². The molecule has 1 aliphatic heterocycles. The van der Waals surface area contributed by atoms with Crippen molar-refractivity contribution in [3.8, 4) is 6.07 Å². The van der Waals surface area contributed by atoms with Gasteiger partial charge in [-0.15, -0.1) is 0 Å². The Kier molecular flexibility index (Phi) is 4.21. The lowest BCUT2D eigenvalue weighted by Crippen LogP contribution is -2.37. The minimum atomic E-state index is -0.315. The van der Waals surface area contributed by atoms with Crippen LogP contribution >= 0.6 is 0 Å². The van der Waals surface area contributed by atoms with Gasteiger partial charge in [-0.25, -0.2) is 4.39 Å². The number of nitriles is 1. The summed E-state index contributed by atoms with van der Waals surface area (Å²) in [5.41, 5.74) is 1.78. The Labute approximate surface area is 114 Å². The fourth-order valence-corrected chi connectivity index (χ4v) is 2.67. The molecule has 1 aromatic carbocycles. The molecule has 0 atom stereocenters. The molecule has 0 spiro atoms. The number of nitrogens with zero attached hydrogens (tertiary/aromatic N) is 2. The van der Waals surface area contributed by atoms with E-state index in [9.17, 15) is 4.39 Å². The average molecular weight is 260 g/mol. The lowest BCUT2D eigenvalue weighted by molar-refractivity contribution is 0.109. The Hall–Kier alpha value is -1.40. The normalized spacial score (nSPS) is 19.1. The van der Waals surface area contributed by atoms with Gasteiger partial charge in [0.25, 0.3) is 0 Å². The second-order valence-corrected chi connectivity index (χ2v) is 5.90. The zero-order valence-electron chi connectivity index (χ0n) is 11.7. The van der Waals surface area contributed by atoms with Gasteiger partial charge in [0, 0.05) is 6.54 Å². The van der Waals surface area contributed by atoms with Crippen LogP contribution in [-0.2, 0) is 6.54 Å². The van der Waals surface area contributed by atoms with E-state index in [1.807, 2.05) is 6.07 Å². The largest absolute Gasteiger partial charge is 0.299 e. The van der Waals surface area contributed by atoms with Crippen LogP contribution in [0.25, 0.3) is 0 Å². The number of benzene rings is 1. The molecule has 1 heterocycles. The van der Waals surface area contributed by atoms with Crippen LogP contribution in [0.3, 0.4) is 0 Å². The minimum absolute atomic E-state index is 0.315. The lowest BCUT2D eigenvalue weighted by atomic mass is 9.78. The summed E-state index contributed by atoms with van der Waals surface area (Å²) in [6, 6.07) is 6.62. The monoisotopic (exact) mass is 260 g/mol. The second kappa shape index (κ2) is 5.71. The molecule has 0 amide bonds. The third kappa shape index (κ3) is 3.54. The third-order valence-corrected chi connectivity index (χ3v) is 4.41. The summed E-state index contributed by atoms with van der Waals surface area (Å²) >= 11 is 0. The van der Waals surface area contributed by atoms with Crippen molar-refractivity contribution >= 4 is 0 Å². The molecule has 0 saturated carbocycles. The summed E-state index contributed by atoms with van der Waals surface area (Å²) < 4.78 is 13.4. The lowest BCUT2D eigenvalue weighted by Gasteiger charge is -2.39. The zero-order chi connectivity index (χ0) is 13.9. The predicted molar refractivity (Wildman–Crippen MR) is 74.0 cm³/mol. The van der Waals surface area contributed by atoms with Gasteiger partial charge in [-0.3, -0.25) is 4.90 Å². The summed E-state index contributed by atoms with van der Waals surface area (Å²) in [4.78, 5) is 2.35. The Balaban J connectivity index is 2.00. The molecule has 102 valence electrons. The van der Waals surface area contributed by atoms with Crippen molar-refractivity contribution < 1.29 is 4.39 Å². The van der Waals surface area contributed by atoms with Gasteiger partial charge in [-0.2, -0.15) is 5.26 Å². The molecule has 19 heavy (non-hydrogen) atoms. The third-order valence-electron chi connectivity index (χ3n) is 4.41. The fraction of sp³-hybridized carbons (Fsp3) is 0.562. The Morgan fingerprint density at radius 1 is 1.32 bits per heavy atom. The van der Waals surface area contributed by atoms with Crippen LogP contribution in [0.4, 0.5) is 4.39 Å². The highest BCUT2D eigenvalue weighted by atomic mass is 19.1. The van der Waals surface area contributed by atoms with E-state index in [4.69, 9.17) is 5.26 Å². The molecule has 0 N–H and O–H groups in total. The molecular formula is C16H21FN2. The first-order valence-electron chi connectivity index (χ1n) is 6.96. The summed E-state index contributed by atoms with van der Waals surface area (Å²) in [6.45, 7) is 7.46. The highest BCUT2D eigenvalue weighted by Gasteiger charge is 2.28. The van der Waals surface area contributed by atoms with E-state index in [0.717, 1.165) is 25.2 Å². The summed E-state index contributed by atoms with van der Waals surface area (Å²) in [5, 5.41) is 8.86. The fourth-order valence-electron chi connectivity index (χ4n) is 2.67. The van der Waals surface area contributed by atoms with Crippen molar-refractivity contribution in [3.63, 3.8) is 0 Å². The first kappa shape index (κ1) is 14.0. The van der Waals surface area contributed by atoms with Crippen LogP contribution in [-0.4, -0.2) is 18.0 Å². The number of halogens is 1. The highest BCUT2D eigenvalue weighted by Crippen LogP contribution is 2.34. The van der Waals surface area contributed by atoms with Gasteiger partial charge in [0.15, 0.2) is 0 Å². The molecule has 1 aromatic rings. The molecule has 0 aliphatic carbocycles. The van der Waals surface area contributed by atoms with Gasteiger partial charge in [-0.05, 0) is 55.1 Å². The standard InChI is InChI=1S/C16H21FN2/c1-3-16(2)4-6-19(7-5-16)12-14-8-13(11-18)9-15(17)10-14/h8-10H,3-7,12H2,1-2H3. The smallest absolute Gasteiger partial charge is 0.124 e. The van der Waals surface area contributed by atoms with Crippen molar-refractivity contribution in [2.24, 2.45) is 5.41 Å². The maximum atomic E-state index is 13.4. The molecular weight excluding hydrogens is 239 g/mol. The van der Waals surface area contributed by atoms with E-state index in [2.05, 4.69) is 18.7 Å². The SMILES string of the molecule is CCC1(C)CCN(Cc2cc(F)cc(C#N)c2)CC1. The van der Waals surface area contributed by atoms with Crippen molar-refractivity contribution in [2.75, 3.05) is 13.1 Å². The van der Waals surface area contributed by atoms with E-state index in [1.165, 1.54) is 31.4 Å². The Bertz CT molecular complexity index is 482. The number of hydrogen-bond acceptors (Lipinski definition) is 2. The minimum Gasteiger partial charge on any atom is -0.299 e. The van der Waals surface area contributed by atoms with Crippen LogP contribution in [0.15, 0.2) is 18.2 Å². The summed E-state index contributed by atoms with van der Waals surface area (Å²) in [5.74, 6) is -0.315. The summed E-state index contributed by atoms with van der Waals surface area (Å²) in [6.07, 6.45) is 3.62. The van der Waals surface area contributed by atoms with Gasteiger partial charge >= 0.3 is 0 Å². The molecule has 0 unspecified atom stereocenters. The van der Waals surface area contributed by atoms with Crippen LogP contribution in [0, 0.1) is 22.6 Å². The molecule has 2 rings (SSSR count). The maximum absolute atomic E-state index is 13.4. The van der Waals surface area contributed by atoms with Gasteiger partial charge in [0.2, 0.25) is 0 Å². The molecule has 2 nitrogen and oxygen atoms in total. The van der Waals surface area contributed by atoms with Crippen molar-refractivity contribution in [1.82, 2.24) is 4.90 Å². The number of likely N-dealkylation sites (tertiary alicyclic amines) is 1. The van der Waals surface area contributed by atoms with E-state index in [1.54, 1.807) is 6.07 Å². The van der Waals surface area contributed by atoms with Crippen LogP contribution < -0.4 is 0 Å². The first-order chi connectivity index (χ1) is 9.04. The Morgan fingerprint density at radius 2 is 2.00 bits per heavy atom. The van der Waals surface area contributed by atoms with Crippen molar-refractivity contribution in [3.05, 3.63) is 35.1 Å². The Morgan fingerprint density at radius 3 is 2.58 bits per heavy atom. The van der Waals surface area contributed by atoms with Gasteiger partial charge in [-0.1, -0.05) is 20.3 Å². The topological polar surface area (TPSA) is 27.0 Å². The zero-order valence-corrected chi connectivity index (χ0v) is 11.7. The number of piperidine rings is 1. The van der Waals surface area contributed by atoms with E-state index in [-0.39, 0.29) is 5.82 Å². The average Bonchev–Trinajstić information content (AvgIpc) is 2.41. The van der Waals surface area contributed by atoms with Gasteiger partial charge < -0.3 is 0 Å². The number of hydrogen-bond donors (Lipinski definition) is 0. The molecule has 0 radical (unpaired) electrons. The quantitative estimate of drug-likeness (QED) is 0.828. The van der Waals surface area contributed by atoms with E-state index in [0.29, 0.717) is 11.0 Å². The molecule has 1 saturated heterocycles. The van der Waals surface area contributed by atoms with Crippen LogP contribution in [0.1, 0.15) is 44.2 Å². The highest BCUT2D eigenvalue weighted by molar-refractivity contribution is 5.33. The molecule has 3 heteroatoms. The predicted octanol–water partition coefficient (Wildman–Crippen LogP) is 3.71. The first-order valence-corrected chi connectivity index (χ1v) is 6.96. The molecule has 1 fully saturated rings. The second-order valence-electron chi connectivity index (χ2n) is 5.90. The van der Waals surface area contributed by atoms with Crippen LogP contribution in [0.5, 0.6) is 0 Å². The molecule has 0 bridgehead atoms. The number of rotatable bonds is 3. The molecule has 1 aliphatic rings. The molecule has 0 aromatic heterocycles. The summed E-state index contributed by atoms with van der Waals surface area (Å²) in [7, 11) is 0. The van der Waals surface area contributed by atoms with E-state index >= 15 is 0 Å². The van der Waals surface area contributed by atoms with Crippen LogP contribution in [0.2, 0.25) is 0 Å².